The van der Waals surface area contributed by atoms with Crippen molar-refractivity contribution in [2.24, 2.45) is 0 Å². The van der Waals surface area contributed by atoms with Crippen molar-refractivity contribution in [2.75, 3.05) is 26.7 Å². The second-order valence-electron chi connectivity index (χ2n) is 8.59. The summed E-state index contributed by atoms with van der Waals surface area (Å²) in [4.78, 5) is 29.7. The van der Waals surface area contributed by atoms with Crippen LogP contribution in [0.25, 0.3) is 0 Å². The molecule has 8 heteroatoms. The van der Waals surface area contributed by atoms with Crippen molar-refractivity contribution < 1.29 is 23.8 Å². The molecule has 2 amide bonds. The molecule has 0 spiro atoms. The van der Waals surface area contributed by atoms with E-state index in [0.717, 1.165) is 18.6 Å². The third-order valence-corrected chi connectivity index (χ3v) is 6.39. The lowest BCUT2D eigenvalue weighted by molar-refractivity contribution is -0.126. The van der Waals surface area contributed by atoms with Crippen LogP contribution >= 0.6 is 0 Å². The fourth-order valence-electron chi connectivity index (χ4n) is 4.71. The molecule has 32 heavy (non-hydrogen) atoms. The fourth-order valence-corrected chi connectivity index (χ4v) is 4.71. The number of furan rings is 1. The number of carbonyl (C=O) groups is 2. The first kappa shape index (κ1) is 22.4. The topological polar surface area (TPSA) is 95.3 Å². The molecule has 2 aromatic rings. The molecule has 0 saturated carbocycles. The molecule has 2 atom stereocenters. The first-order valence-corrected chi connectivity index (χ1v) is 11.1. The summed E-state index contributed by atoms with van der Waals surface area (Å²) >= 11 is 0. The van der Waals surface area contributed by atoms with E-state index in [9.17, 15) is 14.7 Å². The standard InChI is InChI=1S/C24H31N3O5/c1-16-6-7-21(32-16)14-25-23(29)22-13-19(28)15-27(22)18-8-10-26(11-9-18)24(30)17-4-3-5-20(12-17)31-2/h3-7,12,18-19,22,28H,8-11,13-15H2,1-2H3,(H,25,29)/t19-,22+/m1/s1. The van der Waals surface area contributed by atoms with Gasteiger partial charge in [-0.15, -0.1) is 0 Å². The second-order valence-corrected chi connectivity index (χ2v) is 8.59. The van der Waals surface area contributed by atoms with Gasteiger partial charge in [0.15, 0.2) is 0 Å². The quantitative estimate of drug-likeness (QED) is 0.712. The molecule has 0 unspecified atom stereocenters. The van der Waals surface area contributed by atoms with Crippen molar-refractivity contribution in [3.05, 3.63) is 53.5 Å². The summed E-state index contributed by atoms with van der Waals surface area (Å²) in [6.45, 7) is 3.92. The number of methoxy groups -OCH3 is 1. The molecule has 8 nitrogen and oxygen atoms in total. The Hall–Kier alpha value is -2.84. The number of aliphatic hydroxyl groups is 1. The molecule has 1 aromatic heterocycles. The third-order valence-electron chi connectivity index (χ3n) is 6.39. The first-order chi connectivity index (χ1) is 15.4. The van der Waals surface area contributed by atoms with Gasteiger partial charge in [-0.3, -0.25) is 14.5 Å². The Balaban J connectivity index is 1.34. The summed E-state index contributed by atoms with van der Waals surface area (Å²) in [7, 11) is 1.59. The minimum Gasteiger partial charge on any atom is -0.497 e. The molecular weight excluding hydrogens is 410 g/mol. The van der Waals surface area contributed by atoms with Gasteiger partial charge in [-0.1, -0.05) is 6.07 Å². The van der Waals surface area contributed by atoms with Gasteiger partial charge in [-0.25, -0.2) is 0 Å². The number of rotatable bonds is 6. The predicted molar refractivity (Wildman–Crippen MR) is 118 cm³/mol. The Kier molecular flexibility index (Phi) is 6.81. The maximum atomic E-state index is 12.9. The zero-order valence-electron chi connectivity index (χ0n) is 18.6. The monoisotopic (exact) mass is 441 g/mol. The molecule has 4 rings (SSSR count). The predicted octanol–water partition coefficient (Wildman–Crippen LogP) is 1.95. The molecule has 0 aliphatic carbocycles. The van der Waals surface area contributed by atoms with Crippen LogP contribution in [0.4, 0.5) is 0 Å². The fraction of sp³-hybridized carbons (Fsp3) is 0.500. The SMILES string of the molecule is COc1cccc(C(=O)N2CCC(N3C[C@H](O)C[C@H]3C(=O)NCc3ccc(C)o3)CC2)c1. The number of hydrogen-bond acceptors (Lipinski definition) is 6. The highest BCUT2D eigenvalue weighted by atomic mass is 16.5. The molecule has 0 bridgehead atoms. The summed E-state index contributed by atoms with van der Waals surface area (Å²) in [5.74, 6) is 2.08. The van der Waals surface area contributed by atoms with E-state index in [1.165, 1.54) is 0 Å². The summed E-state index contributed by atoms with van der Waals surface area (Å²) in [6.07, 6.45) is 1.44. The Morgan fingerprint density at radius 3 is 2.69 bits per heavy atom. The maximum Gasteiger partial charge on any atom is 0.253 e. The molecule has 2 aliphatic rings. The number of nitrogens with zero attached hydrogens (tertiary/aromatic N) is 2. The van der Waals surface area contributed by atoms with E-state index in [2.05, 4.69) is 10.2 Å². The van der Waals surface area contributed by atoms with Crippen molar-refractivity contribution in [1.82, 2.24) is 15.1 Å². The molecule has 2 N–H and O–H groups in total. The minimum absolute atomic E-state index is 0.00755. The first-order valence-electron chi connectivity index (χ1n) is 11.1. The number of piperidine rings is 1. The number of nitrogens with one attached hydrogen (secondary N) is 1. The molecule has 3 heterocycles. The van der Waals surface area contributed by atoms with Crippen LogP contribution in [-0.4, -0.2) is 71.7 Å². The van der Waals surface area contributed by atoms with E-state index in [1.54, 1.807) is 19.2 Å². The Morgan fingerprint density at radius 1 is 1.22 bits per heavy atom. The molecule has 172 valence electrons. The smallest absolute Gasteiger partial charge is 0.253 e. The van der Waals surface area contributed by atoms with Crippen molar-refractivity contribution in [3.8, 4) is 5.75 Å². The van der Waals surface area contributed by atoms with Gasteiger partial charge in [-0.2, -0.15) is 0 Å². The van der Waals surface area contributed by atoms with Crippen LogP contribution in [0.5, 0.6) is 5.75 Å². The van der Waals surface area contributed by atoms with Gasteiger partial charge in [0.25, 0.3) is 5.91 Å². The molecular formula is C24H31N3O5. The van der Waals surface area contributed by atoms with E-state index in [1.807, 2.05) is 36.1 Å². The number of ether oxygens (including phenoxy) is 1. The van der Waals surface area contributed by atoms with Crippen LogP contribution in [0.15, 0.2) is 40.8 Å². The van der Waals surface area contributed by atoms with Gasteiger partial charge in [0.2, 0.25) is 5.91 Å². The van der Waals surface area contributed by atoms with Gasteiger partial charge in [-0.05, 0) is 56.5 Å². The van der Waals surface area contributed by atoms with Gasteiger partial charge in [0.05, 0.1) is 25.8 Å². The zero-order chi connectivity index (χ0) is 22.7. The summed E-state index contributed by atoms with van der Waals surface area (Å²) in [5, 5.41) is 13.2. The van der Waals surface area contributed by atoms with Crippen LogP contribution in [0.2, 0.25) is 0 Å². The average Bonchev–Trinajstić information content (AvgIpc) is 3.42. The van der Waals surface area contributed by atoms with Gasteiger partial charge in [0.1, 0.15) is 17.3 Å². The highest BCUT2D eigenvalue weighted by Crippen LogP contribution is 2.27. The van der Waals surface area contributed by atoms with E-state index < -0.39 is 6.10 Å². The number of aliphatic hydroxyl groups excluding tert-OH is 1. The zero-order valence-corrected chi connectivity index (χ0v) is 18.6. The minimum atomic E-state index is -0.520. The van der Waals surface area contributed by atoms with Gasteiger partial charge >= 0.3 is 0 Å². The van der Waals surface area contributed by atoms with Crippen LogP contribution in [0.1, 0.15) is 41.1 Å². The largest absolute Gasteiger partial charge is 0.497 e. The molecule has 2 fully saturated rings. The lowest BCUT2D eigenvalue weighted by Gasteiger charge is -2.38. The van der Waals surface area contributed by atoms with E-state index in [0.29, 0.717) is 49.7 Å². The summed E-state index contributed by atoms with van der Waals surface area (Å²) in [5.41, 5.74) is 0.616. The van der Waals surface area contributed by atoms with Crippen molar-refractivity contribution in [1.29, 1.82) is 0 Å². The maximum absolute atomic E-state index is 12.9. The number of carbonyl (C=O) groups excluding carboxylic acids is 2. The van der Waals surface area contributed by atoms with Crippen molar-refractivity contribution in [3.63, 3.8) is 0 Å². The Labute approximate surface area is 188 Å². The number of β-amino-alcohol motifs (C(OH)–C–C–N with tert-alkyl or cyclic N) is 1. The molecule has 2 saturated heterocycles. The number of amides is 2. The number of aryl methyl sites for hydroxylation is 1. The average molecular weight is 442 g/mol. The Bertz CT molecular complexity index is 951. The van der Waals surface area contributed by atoms with Crippen LogP contribution in [0.3, 0.4) is 0 Å². The van der Waals surface area contributed by atoms with Gasteiger partial charge in [0, 0.05) is 31.2 Å². The van der Waals surface area contributed by atoms with E-state index in [4.69, 9.17) is 9.15 Å². The highest BCUT2D eigenvalue weighted by Gasteiger charge is 2.41. The lowest BCUT2D eigenvalue weighted by atomic mass is 10.0. The van der Waals surface area contributed by atoms with Crippen LogP contribution < -0.4 is 10.1 Å². The number of likely N-dealkylation sites (tertiary alicyclic amines) is 2. The summed E-state index contributed by atoms with van der Waals surface area (Å²) < 4.78 is 10.7. The van der Waals surface area contributed by atoms with E-state index in [-0.39, 0.29) is 23.9 Å². The second kappa shape index (κ2) is 9.75. The Morgan fingerprint density at radius 2 is 2.00 bits per heavy atom. The van der Waals surface area contributed by atoms with Crippen molar-refractivity contribution in [2.45, 2.75) is 50.9 Å². The van der Waals surface area contributed by atoms with Crippen molar-refractivity contribution >= 4 is 11.8 Å². The molecule has 2 aliphatic heterocycles. The van der Waals surface area contributed by atoms with Crippen LogP contribution in [0, 0.1) is 6.92 Å². The van der Waals surface area contributed by atoms with E-state index >= 15 is 0 Å². The highest BCUT2D eigenvalue weighted by molar-refractivity contribution is 5.94. The normalized spacial score (nSPS) is 22.2. The molecule has 0 radical (unpaired) electrons. The van der Waals surface area contributed by atoms with Gasteiger partial charge < -0.3 is 24.5 Å². The molecule has 1 aromatic carbocycles. The number of hydrogen-bond donors (Lipinski definition) is 2. The number of benzene rings is 1. The summed E-state index contributed by atoms with van der Waals surface area (Å²) in [6, 6.07) is 10.7. The van der Waals surface area contributed by atoms with Crippen LogP contribution in [-0.2, 0) is 11.3 Å². The third kappa shape index (κ3) is 4.97. The lowest BCUT2D eigenvalue weighted by Crippen LogP contribution is -2.52.